The Labute approximate surface area is 192 Å². The van der Waals surface area contributed by atoms with Crippen molar-refractivity contribution in [3.63, 3.8) is 0 Å². The maximum atomic E-state index is 12.7. The van der Waals surface area contributed by atoms with Crippen LogP contribution < -0.4 is 10.6 Å². The van der Waals surface area contributed by atoms with Crippen LogP contribution in [-0.2, 0) is 17.9 Å². The van der Waals surface area contributed by atoms with Crippen LogP contribution in [0.1, 0.15) is 16.2 Å². The molecule has 1 aromatic heterocycles. The van der Waals surface area contributed by atoms with E-state index >= 15 is 0 Å². The number of benzene rings is 3. The third-order valence-corrected chi connectivity index (χ3v) is 5.55. The number of aromatic nitrogens is 2. The summed E-state index contributed by atoms with van der Waals surface area (Å²) in [6, 6.07) is 21.7. The summed E-state index contributed by atoms with van der Waals surface area (Å²) in [6.07, 6.45) is 0. The number of rotatable bonds is 6. The Hall–Kier alpha value is -3.16. The van der Waals surface area contributed by atoms with Crippen LogP contribution in [0, 0.1) is 0 Å². The summed E-state index contributed by atoms with van der Waals surface area (Å²) in [4.78, 5) is 29.8. The van der Waals surface area contributed by atoms with Crippen molar-refractivity contribution in [1.29, 1.82) is 0 Å². The van der Waals surface area contributed by atoms with Crippen LogP contribution in [0.5, 0.6) is 0 Å². The number of hydrogen-bond acceptors (Lipinski definition) is 3. The molecule has 156 valence electrons. The lowest BCUT2D eigenvalue weighted by molar-refractivity contribution is -0.116. The molecule has 0 saturated carbocycles. The van der Waals surface area contributed by atoms with Gasteiger partial charge in [0.2, 0.25) is 5.91 Å². The van der Waals surface area contributed by atoms with Crippen molar-refractivity contribution < 1.29 is 9.59 Å². The molecule has 0 radical (unpaired) electrons. The molecule has 0 unspecified atom stereocenters. The molecule has 31 heavy (non-hydrogen) atoms. The van der Waals surface area contributed by atoms with E-state index in [1.807, 2.05) is 48.5 Å². The minimum Gasteiger partial charge on any atom is -0.345 e. The molecule has 0 aliphatic heterocycles. The van der Waals surface area contributed by atoms with Crippen LogP contribution in [0.25, 0.3) is 11.0 Å². The average molecular weight is 498 g/mol. The van der Waals surface area contributed by atoms with Crippen LogP contribution in [0.2, 0.25) is 5.02 Å². The standard InChI is InChI=1S/C23H18BrClN4O2/c24-15-9-11-16(12-10-15)27-22(30)14-29-20-8-4-3-7-19(20)28-21(29)13-26-23(31)17-5-1-2-6-18(17)25/h1-12H,13-14H2,(H,26,31)(H,27,30). The highest BCUT2D eigenvalue weighted by molar-refractivity contribution is 9.10. The van der Waals surface area contributed by atoms with Gasteiger partial charge in [-0.15, -0.1) is 0 Å². The summed E-state index contributed by atoms with van der Waals surface area (Å²) in [5, 5.41) is 6.10. The predicted molar refractivity (Wildman–Crippen MR) is 125 cm³/mol. The van der Waals surface area contributed by atoms with E-state index in [9.17, 15) is 9.59 Å². The highest BCUT2D eigenvalue weighted by atomic mass is 79.9. The largest absolute Gasteiger partial charge is 0.345 e. The van der Waals surface area contributed by atoms with Gasteiger partial charge in [0.05, 0.1) is 28.2 Å². The van der Waals surface area contributed by atoms with Crippen LogP contribution in [-0.4, -0.2) is 21.4 Å². The van der Waals surface area contributed by atoms with Crippen molar-refractivity contribution in [1.82, 2.24) is 14.9 Å². The van der Waals surface area contributed by atoms with Crippen molar-refractivity contribution in [2.24, 2.45) is 0 Å². The zero-order chi connectivity index (χ0) is 21.8. The first-order valence-electron chi connectivity index (χ1n) is 9.53. The van der Waals surface area contributed by atoms with E-state index in [4.69, 9.17) is 11.6 Å². The molecule has 0 atom stereocenters. The van der Waals surface area contributed by atoms with Gasteiger partial charge in [-0.05, 0) is 48.5 Å². The predicted octanol–water partition coefficient (Wildman–Crippen LogP) is 5.02. The summed E-state index contributed by atoms with van der Waals surface area (Å²) in [5.41, 5.74) is 2.65. The van der Waals surface area contributed by atoms with Gasteiger partial charge in [-0.3, -0.25) is 9.59 Å². The molecule has 8 heteroatoms. The van der Waals surface area contributed by atoms with E-state index in [0.29, 0.717) is 22.1 Å². The normalized spacial score (nSPS) is 10.8. The van der Waals surface area contributed by atoms with Gasteiger partial charge in [-0.25, -0.2) is 4.98 Å². The van der Waals surface area contributed by atoms with Gasteiger partial charge in [0.25, 0.3) is 5.91 Å². The number of nitrogens with zero attached hydrogens (tertiary/aromatic N) is 2. The van der Waals surface area contributed by atoms with Crippen molar-refractivity contribution >= 4 is 56.1 Å². The molecule has 0 bridgehead atoms. The van der Waals surface area contributed by atoms with Gasteiger partial charge in [0.1, 0.15) is 12.4 Å². The number of nitrogens with one attached hydrogen (secondary N) is 2. The number of para-hydroxylation sites is 2. The molecule has 6 nitrogen and oxygen atoms in total. The number of fused-ring (bicyclic) bond motifs is 1. The maximum Gasteiger partial charge on any atom is 0.253 e. The van der Waals surface area contributed by atoms with E-state index < -0.39 is 0 Å². The SMILES string of the molecule is O=C(Cn1c(CNC(=O)c2ccccc2Cl)nc2ccccc21)Nc1ccc(Br)cc1. The second-order valence-electron chi connectivity index (χ2n) is 6.82. The molecule has 2 amide bonds. The Kier molecular flexibility index (Phi) is 6.34. The fraction of sp³-hybridized carbons (Fsp3) is 0.0870. The van der Waals surface area contributed by atoms with Gasteiger partial charge in [0, 0.05) is 10.2 Å². The Bertz CT molecular complexity index is 1250. The summed E-state index contributed by atoms with van der Waals surface area (Å²) in [7, 11) is 0. The zero-order valence-corrected chi connectivity index (χ0v) is 18.7. The van der Waals surface area contributed by atoms with Gasteiger partial charge in [-0.2, -0.15) is 0 Å². The fourth-order valence-corrected chi connectivity index (χ4v) is 3.70. The highest BCUT2D eigenvalue weighted by Crippen LogP contribution is 2.19. The quantitative estimate of drug-likeness (QED) is 0.393. The van der Waals surface area contributed by atoms with E-state index in [1.165, 1.54) is 0 Å². The fourth-order valence-electron chi connectivity index (χ4n) is 3.21. The molecule has 4 aromatic rings. The van der Waals surface area contributed by atoms with Crippen LogP contribution in [0.15, 0.2) is 77.3 Å². The van der Waals surface area contributed by atoms with Crippen molar-refractivity contribution in [3.8, 4) is 0 Å². The number of carbonyl (C=O) groups excluding carboxylic acids is 2. The highest BCUT2D eigenvalue weighted by Gasteiger charge is 2.16. The average Bonchev–Trinajstić information content (AvgIpc) is 3.11. The van der Waals surface area contributed by atoms with E-state index in [-0.39, 0.29) is 24.9 Å². The Morgan fingerprint density at radius 2 is 1.68 bits per heavy atom. The topological polar surface area (TPSA) is 76.0 Å². The lowest BCUT2D eigenvalue weighted by atomic mass is 10.2. The number of imidazole rings is 1. The summed E-state index contributed by atoms with van der Waals surface area (Å²) in [5.74, 6) is 0.0836. The molecule has 0 spiro atoms. The smallest absolute Gasteiger partial charge is 0.253 e. The summed E-state index contributed by atoms with van der Waals surface area (Å²) in [6.45, 7) is 0.220. The number of carbonyl (C=O) groups is 2. The molecular weight excluding hydrogens is 480 g/mol. The number of anilines is 1. The molecular formula is C23H18BrClN4O2. The van der Waals surface area contributed by atoms with Crippen molar-refractivity contribution in [3.05, 3.63) is 93.7 Å². The molecule has 4 rings (SSSR count). The van der Waals surface area contributed by atoms with Crippen LogP contribution in [0.3, 0.4) is 0 Å². The Balaban J connectivity index is 1.54. The first kappa shape index (κ1) is 21.1. The lowest BCUT2D eigenvalue weighted by Crippen LogP contribution is -2.26. The molecule has 2 N–H and O–H groups in total. The Morgan fingerprint density at radius 3 is 2.45 bits per heavy atom. The first-order valence-corrected chi connectivity index (χ1v) is 10.7. The van der Waals surface area contributed by atoms with Crippen LogP contribution >= 0.6 is 27.5 Å². The monoisotopic (exact) mass is 496 g/mol. The van der Waals surface area contributed by atoms with E-state index in [2.05, 4.69) is 31.5 Å². The number of amides is 2. The molecule has 0 aliphatic rings. The third-order valence-electron chi connectivity index (χ3n) is 4.69. The van der Waals surface area contributed by atoms with Gasteiger partial charge >= 0.3 is 0 Å². The zero-order valence-electron chi connectivity index (χ0n) is 16.3. The van der Waals surface area contributed by atoms with Gasteiger partial charge < -0.3 is 15.2 Å². The summed E-state index contributed by atoms with van der Waals surface area (Å²) < 4.78 is 2.73. The molecule has 1 heterocycles. The minimum atomic E-state index is -0.302. The third kappa shape index (κ3) is 4.95. The minimum absolute atomic E-state index is 0.0634. The molecule has 3 aromatic carbocycles. The maximum absolute atomic E-state index is 12.7. The summed E-state index contributed by atoms with van der Waals surface area (Å²) >= 11 is 9.49. The number of hydrogen-bond donors (Lipinski definition) is 2. The number of halogens is 2. The van der Waals surface area contributed by atoms with Gasteiger partial charge in [0.15, 0.2) is 0 Å². The Morgan fingerprint density at radius 1 is 0.968 bits per heavy atom. The molecule has 0 saturated heterocycles. The van der Waals surface area contributed by atoms with Crippen molar-refractivity contribution in [2.45, 2.75) is 13.1 Å². The van der Waals surface area contributed by atoms with Crippen molar-refractivity contribution in [2.75, 3.05) is 5.32 Å². The second-order valence-corrected chi connectivity index (χ2v) is 8.14. The van der Waals surface area contributed by atoms with E-state index in [0.717, 1.165) is 15.5 Å². The van der Waals surface area contributed by atoms with Gasteiger partial charge in [-0.1, -0.05) is 51.8 Å². The molecule has 0 fully saturated rings. The lowest BCUT2D eigenvalue weighted by Gasteiger charge is -2.11. The molecule has 0 aliphatic carbocycles. The van der Waals surface area contributed by atoms with Crippen LogP contribution in [0.4, 0.5) is 5.69 Å². The van der Waals surface area contributed by atoms with E-state index in [1.54, 1.807) is 28.8 Å². The first-order chi connectivity index (χ1) is 15.0. The second kappa shape index (κ2) is 9.32.